The Hall–Kier alpha value is -8.54. The fourth-order valence-corrected chi connectivity index (χ4v) is 10.4. The molecule has 432 valence electrons. The van der Waals surface area contributed by atoms with Gasteiger partial charge in [-0.3, -0.25) is 4.79 Å². The summed E-state index contributed by atoms with van der Waals surface area (Å²) in [4.78, 5) is 15.2. The summed E-state index contributed by atoms with van der Waals surface area (Å²) in [6, 6.07) is 43.4. The molecule has 5 N–H and O–H groups in total. The average Bonchev–Trinajstić information content (AvgIpc) is 3.60. The molecule has 0 spiro atoms. The van der Waals surface area contributed by atoms with Crippen molar-refractivity contribution in [3.8, 4) is 5.75 Å². The summed E-state index contributed by atoms with van der Waals surface area (Å²) >= 11 is 11.6. The SMILES string of the molecule is CNc1ccc(C(c2ccc(N(C)C)cc2)c2ccc(N(C)C)cc2)cc1.Cc1noc(NS(=O)(=O)c2ccc(N=Nc3cc(N=Nc4ccc(S(=O)(=O)Nc5onc(C)c5C)cc4)c4c(NC(=O)C(Cl)Cl)cccc4c3O)cc2)c1C.Cl. The van der Waals surface area contributed by atoms with Crippen molar-refractivity contribution >= 4 is 130 Å². The normalized spacial score (nSPS) is 11.6. The topological polar surface area (TPSA) is 262 Å². The fourth-order valence-electron chi connectivity index (χ4n) is 8.22. The zero-order valence-corrected chi connectivity index (χ0v) is 50.3. The van der Waals surface area contributed by atoms with Crippen LogP contribution in [0.3, 0.4) is 0 Å². The zero-order chi connectivity index (χ0) is 59.0. The Kier molecular flexibility index (Phi) is 19.9. The number of carbonyl (C=O) groups is 1. The highest BCUT2D eigenvalue weighted by Gasteiger charge is 2.23. The van der Waals surface area contributed by atoms with Crippen LogP contribution in [-0.2, 0) is 24.8 Å². The van der Waals surface area contributed by atoms with Crippen LogP contribution in [0.25, 0.3) is 10.8 Å². The van der Waals surface area contributed by atoms with Crippen LogP contribution in [0.15, 0.2) is 185 Å². The van der Waals surface area contributed by atoms with Crippen molar-refractivity contribution in [3.63, 3.8) is 0 Å². The molecule has 9 aromatic rings. The number of halogens is 3. The summed E-state index contributed by atoms with van der Waals surface area (Å²) in [7, 11) is 2.19. The highest BCUT2D eigenvalue weighted by molar-refractivity contribution is 7.93. The van der Waals surface area contributed by atoms with Crippen LogP contribution in [0, 0.1) is 27.7 Å². The second kappa shape index (κ2) is 26.6. The summed E-state index contributed by atoms with van der Waals surface area (Å²) in [5.74, 6) is -0.863. The van der Waals surface area contributed by atoms with Crippen LogP contribution in [0.5, 0.6) is 5.75 Å². The van der Waals surface area contributed by atoms with Gasteiger partial charge in [0.05, 0.1) is 43.9 Å². The Morgan fingerprint density at radius 1 is 0.590 bits per heavy atom. The number of nitrogens with zero attached hydrogens (tertiary/aromatic N) is 8. The number of aromatic hydroxyl groups is 1. The lowest BCUT2D eigenvalue weighted by atomic mass is 9.85. The minimum absolute atomic E-state index is 0. The second-order valence-corrected chi connectivity index (χ2v) is 23.6. The first-order chi connectivity index (χ1) is 39.0. The van der Waals surface area contributed by atoms with Crippen LogP contribution >= 0.6 is 35.6 Å². The van der Waals surface area contributed by atoms with Gasteiger partial charge in [0.1, 0.15) is 5.69 Å². The summed E-state index contributed by atoms with van der Waals surface area (Å²) in [6.45, 7) is 6.70. The second-order valence-electron chi connectivity index (χ2n) is 19.1. The predicted octanol–water partition coefficient (Wildman–Crippen LogP) is 14.4. The van der Waals surface area contributed by atoms with Crippen molar-refractivity contribution in [2.24, 2.45) is 20.5 Å². The van der Waals surface area contributed by atoms with E-state index in [1.807, 2.05) is 7.05 Å². The maximum absolute atomic E-state index is 13.0. The van der Waals surface area contributed by atoms with Gasteiger partial charge in [0.15, 0.2) is 10.6 Å². The van der Waals surface area contributed by atoms with Gasteiger partial charge in [-0.15, -0.1) is 22.6 Å². The molecule has 0 aliphatic rings. The molecule has 0 aliphatic carbocycles. The highest BCUT2D eigenvalue weighted by atomic mass is 35.5. The third kappa shape index (κ3) is 14.8. The number of hydrogen-bond donors (Lipinski definition) is 5. The molecule has 0 bridgehead atoms. The number of phenolic OH excluding ortho intramolecular Hbond substituents is 1. The molecule has 0 saturated heterocycles. The van der Waals surface area contributed by atoms with E-state index in [1.54, 1.807) is 39.8 Å². The van der Waals surface area contributed by atoms with Crippen LogP contribution < -0.4 is 29.9 Å². The van der Waals surface area contributed by atoms with E-state index in [9.17, 15) is 26.7 Å². The molecule has 2 aromatic heterocycles. The lowest BCUT2D eigenvalue weighted by Crippen LogP contribution is -2.18. The first-order valence-corrected chi connectivity index (χ1v) is 29.0. The Labute approximate surface area is 497 Å². The molecule has 20 nitrogen and oxygen atoms in total. The number of sulfonamides is 2. The highest BCUT2D eigenvalue weighted by Crippen LogP contribution is 2.45. The summed E-state index contributed by atoms with van der Waals surface area (Å²) < 4.78 is 66.6. The van der Waals surface area contributed by atoms with Gasteiger partial charge >= 0.3 is 0 Å². The third-order valence-electron chi connectivity index (χ3n) is 13.2. The van der Waals surface area contributed by atoms with Crippen molar-refractivity contribution in [3.05, 3.63) is 185 Å². The van der Waals surface area contributed by atoms with E-state index in [2.05, 4.69) is 162 Å². The Balaban J connectivity index is 0.000000296. The molecule has 9 rings (SSSR count). The molecule has 7 aromatic carbocycles. The maximum atomic E-state index is 13.0. The largest absolute Gasteiger partial charge is 0.505 e. The number of benzene rings is 7. The smallest absolute Gasteiger partial charge is 0.264 e. The number of carbonyl (C=O) groups excluding carboxylic acids is 1. The van der Waals surface area contributed by atoms with E-state index >= 15 is 0 Å². The number of azo groups is 2. The minimum atomic E-state index is -4.03. The van der Waals surface area contributed by atoms with Crippen molar-refractivity contribution in [2.45, 2.75) is 48.2 Å². The number of aromatic nitrogens is 2. The third-order valence-corrected chi connectivity index (χ3v) is 16.3. The molecule has 0 fully saturated rings. The maximum Gasteiger partial charge on any atom is 0.264 e. The van der Waals surface area contributed by atoms with Crippen LogP contribution in [-0.4, -0.2) is 78.2 Å². The van der Waals surface area contributed by atoms with E-state index in [0.29, 0.717) is 22.5 Å². The van der Waals surface area contributed by atoms with Gasteiger partial charge in [-0.25, -0.2) is 26.3 Å². The van der Waals surface area contributed by atoms with Crippen LogP contribution in [0.1, 0.15) is 45.1 Å². The minimum Gasteiger partial charge on any atom is -0.505 e. The number of aryl methyl sites for hydroxylation is 2. The average molecular weight is 1220 g/mol. The van der Waals surface area contributed by atoms with E-state index < -0.39 is 30.8 Å². The van der Waals surface area contributed by atoms with Gasteiger partial charge in [0.25, 0.3) is 26.0 Å². The van der Waals surface area contributed by atoms with Crippen LogP contribution in [0.2, 0.25) is 0 Å². The number of fused-ring (bicyclic) bond motifs is 1. The van der Waals surface area contributed by atoms with Gasteiger partial charge in [-0.05, 0) is 141 Å². The van der Waals surface area contributed by atoms with Gasteiger partial charge in [0.2, 0.25) is 11.8 Å². The molecule has 0 atom stereocenters. The number of phenols is 1. The molecular weight excluding hydrogens is 1160 g/mol. The van der Waals surface area contributed by atoms with E-state index in [1.165, 1.54) is 88.7 Å². The van der Waals surface area contributed by atoms with E-state index in [4.69, 9.17) is 32.2 Å². The first kappa shape index (κ1) is 62.1. The summed E-state index contributed by atoms with van der Waals surface area (Å²) in [5, 5.41) is 42.0. The number of anilines is 6. The summed E-state index contributed by atoms with van der Waals surface area (Å²) in [5.41, 5.74) is 10.4. The standard InChI is InChI=1S/C34H29Cl2N9O8S2.C24H29N3.ClH/c1-17-19(3)42-52-33(17)44-54(48,49)23-12-8-21(9-13-23)38-40-27-16-28(30(46)25-6-5-7-26(29(25)27)37-32(47)31(35)36)41-39-22-10-14-24(15-11-22)55(50,51)45-34-18(2)20(4)43-53-34;1-25-21-12-6-18(7-13-21)24(19-8-14-22(15-9-19)26(2)3)20-10-16-23(17-11-20)27(4)5;/h5-16,31,44-46H,1-4H3,(H,37,47);6-17,24-25H,1-5H3;1H. The lowest BCUT2D eigenvalue weighted by Gasteiger charge is -2.22. The molecular formula is C58H59Cl3N12O8S2. The summed E-state index contributed by atoms with van der Waals surface area (Å²) in [6.07, 6.45) is 0. The van der Waals surface area contributed by atoms with Gasteiger partial charge < -0.3 is 34.6 Å². The molecule has 0 saturated carbocycles. The molecule has 2 heterocycles. The lowest BCUT2D eigenvalue weighted by molar-refractivity contribution is -0.114. The Bertz CT molecular complexity index is 3980. The molecule has 25 heteroatoms. The van der Waals surface area contributed by atoms with E-state index in [-0.39, 0.29) is 84.8 Å². The number of alkyl halides is 2. The Morgan fingerprint density at radius 3 is 1.40 bits per heavy atom. The molecule has 0 unspecified atom stereocenters. The fraction of sp³-hybridized carbons (Fsp3) is 0.190. The van der Waals surface area contributed by atoms with E-state index in [0.717, 1.165) is 5.69 Å². The predicted molar refractivity (Wildman–Crippen MR) is 330 cm³/mol. The number of hydrogen-bond acceptors (Lipinski definition) is 17. The monoisotopic (exact) mass is 1220 g/mol. The van der Waals surface area contributed by atoms with Crippen molar-refractivity contribution < 1.29 is 35.8 Å². The van der Waals surface area contributed by atoms with Crippen LogP contribution in [0.4, 0.5) is 57.3 Å². The molecule has 0 radical (unpaired) electrons. The Morgan fingerprint density at radius 2 is 1.01 bits per heavy atom. The number of nitrogens with one attached hydrogen (secondary N) is 4. The molecule has 0 aliphatic heterocycles. The quantitative estimate of drug-likeness (QED) is 0.0304. The molecule has 83 heavy (non-hydrogen) atoms. The number of amides is 1. The van der Waals surface area contributed by atoms with Crippen molar-refractivity contribution in [1.29, 1.82) is 0 Å². The first-order valence-electron chi connectivity index (χ1n) is 25.2. The van der Waals surface area contributed by atoms with Crippen molar-refractivity contribution in [1.82, 2.24) is 10.3 Å². The van der Waals surface area contributed by atoms with Gasteiger partial charge in [-0.1, -0.05) is 82.0 Å². The van der Waals surface area contributed by atoms with Crippen molar-refractivity contribution in [2.75, 3.05) is 65.1 Å². The van der Waals surface area contributed by atoms with Gasteiger partial charge in [-0.2, -0.15) is 10.2 Å². The van der Waals surface area contributed by atoms with Gasteiger partial charge in [0, 0.05) is 80.1 Å². The number of rotatable bonds is 18. The molecule has 1 amide bonds. The zero-order valence-electron chi connectivity index (χ0n) is 46.4.